The lowest BCUT2D eigenvalue weighted by Gasteiger charge is -2.13. The summed E-state index contributed by atoms with van der Waals surface area (Å²) in [4.78, 5) is 11.8. The first-order valence-electron chi connectivity index (χ1n) is 6.89. The van der Waals surface area contributed by atoms with Gasteiger partial charge in [-0.25, -0.2) is 13.1 Å². The van der Waals surface area contributed by atoms with Gasteiger partial charge in [0, 0.05) is 24.0 Å². The molecule has 1 amide bonds. The number of sulfonamides is 1. The van der Waals surface area contributed by atoms with E-state index in [0.717, 1.165) is 12.8 Å². The first-order chi connectivity index (χ1) is 9.85. The van der Waals surface area contributed by atoms with Gasteiger partial charge in [0.15, 0.2) is 0 Å². The van der Waals surface area contributed by atoms with Crippen molar-refractivity contribution in [2.45, 2.75) is 44.0 Å². The highest BCUT2D eigenvalue weighted by Gasteiger charge is 2.14. The van der Waals surface area contributed by atoms with Gasteiger partial charge in [0.05, 0.1) is 4.90 Å². The molecule has 0 aliphatic rings. The van der Waals surface area contributed by atoms with Gasteiger partial charge in [-0.15, -0.1) is 0 Å². The summed E-state index contributed by atoms with van der Waals surface area (Å²) >= 11 is 5.71. The number of rotatable bonds is 8. The zero-order valence-electron chi connectivity index (χ0n) is 12.2. The highest BCUT2D eigenvalue weighted by molar-refractivity contribution is 7.89. The summed E-state index contributed by atoms with van der Waals surface area (Å²) in [5.41, 5.74) is 0. The first kappa shape index (κ1) is 17.9. The summed E-state index contributed by atoms with van der Waals surface area (Å²) < 4.78 is 26.3. The fourth-order valence-corrected chi connectivity index (χ4v) is 3.01. The van der Waals surface area contributed by atoms with E-state index in [1.165, 1.54) is 24.3 Å². The summed E-state index contributed by atoms with van der Waals surface area (Å²) in [6.45, 7) is 4.04. The van der Waals surface area contributed by atoms with Gasteiger partial charge in [-0.1, -0.05) is 24.9 Å². The maximum Gasteiger partial charge on any atom is 0.240 e. The third kappa shape index (κ3) is 6.46. The normalized spacial score (nSPS) is 12.9. The second-order valence-corrected chi connectivity index (χ2v) is 7.06. The fraction of sp³-hybridized carbons (Fsp3) is 0.500. The van der Waals surface area contributed by atoms with E-state index < -0.39 is 10.0 Å². The van der Waals surface area contributed by atoms with Crippen LogP contribution in [0.1, 0.15) is 33.1 Å². The van der Waals surface area contributed by atoms with E-state index in [2.05, 4.69) is 10.0 Å². The number of benzene rings is 1. The molecule has 0 fully saturated rings. The number of hydrogen-bond acceptors (Lipinski definition) is 3. The summed E-state index contributed by atoms with van der Waals surface area (Å²) in [5, 5.41) is 3.29. The van der Waals surface area contributed by atoms with Crippen molar-refractivity contribution < 1.29 is 13.2 Å². The van der Waals surface area contributed by atoms with E-state index in [4.69, 9.17) is 11.6 Å². The minimum absolute atomic E-state index is 0.0651. The van der Waals surface area contributed by atoms with E-state index in [1.807, 2.05) is 13.8 Å². The summed E-state index contributed by atoms with van der Waals surface area (Å²) in [5.74, 6) is -0.158. The Kier molecular flexibility index (Phi) is 7.14. The van der Waals surface area contributed by atoms with E-state index in [1.54, 1.807) is 0 Å². The maximum absolute atomic E-state index is 12.0. The number of carbonyl (C=O) groups is 1. The van der Waals surface area contributed by atoms with Crippen molar-refractivity contribution in [3.8, 4) is 0 Å². The van der Waals surface area contributed by atoms with Gasteiger partial charge in [-0.05, 0) is 37.6 Å². The van der Waals surface area contributed by atoms with Crippen LogP contribution in [0.5, 0.6) is 0 Å². The van der Waals surface area contributed by atoms with Gasteiger partial charge in [0.1, 0.15) is 0 Å². The van der Waals surface area contributed by atoms with E-state index in [-0.39, 0.29) is 29.8 Å². The van der Waals surface area contributed by atoms with E-state index >= 15 is 0 Å². The Morgan fingerprint density at radius 2 is 1.90 bits per heavy atom. The van der Waals surface area contributed by atoms with Crippen LogP contribution in [0.2, 0.25) is 5.02 Å². The molecule has 1 rings (SSSR count). The molecule has 0 aromatic heterocycles. The second-order valence-electron chi connectivity index (χ2n) is 4.86. The monoisotopic (exact) mass is 332 g/mol. The highest BCUT2D eigenvalue weighted by atomic mass is 35.5. The molecule has 0 bridgehead atoms. The molecule has 7 heteroatoms. The summed E-state index contributed by atoms with van der Waals surface area (Å²) in [6.07, 6.45) is 2.01. The maximum atomic E-state index is 12.0. The number of hydrogen-bond donors (Lipinski definition) is 2. The molecule has 0 heterocycles. The van der Waals surface area contributed by atoms with Gasteiger partial charge in [0.2, 0.25) is 15.9 Å². The van der Waals surface area contributed by atoms with Crippen LogP contribution < -0.4 is 10.0 Å². The Labute approximate surface area is 131 Å². The highest BCUT2D eigenvalue weighted by Crippen LogP contribution is 2.13. The predicted molar refractivity (Wildman–Crippen MR) is 83.8 cm³/mol. The Balaban J connectivity index is 2.44. The Hall–Kier alpha value is -1.11. The minimum atomic E-state index is -3.60. The molecule has 0 aliphatic carbocycles. The van der Waals surface area contributed by atoms with Crippen LogP contribution in [0.3, 0.4) is 0 Å². The molecular formula is C14H21ClN2O3S. The van der Waals surface area contributed by atoms with E-state index in [9.17, 15) is 13.2 Å². The zero-order chi connectivity index (χ0) is 15.9. The van der Waals surface area contributed by atoms with Crippen molar-refractivity contribution in [2.24, 2.45) is 0 Å². The lowest BCUT2D eigenvalue weighted by molar-refractivity contribution is -0.121. The fourth-order valence-electron chi connectivity index (χ4n) is 1.85. The Morgan fingerprint density at radius 1 is 1.29 bits per heavy atom. The minimum Gasteiger partial charge on any atom is -0.354 e. The van der Waals surface area contributed by atoms with Crippen LogP contribution in [0.25, 0.3) is 0 Å². The molecule has 1 aromatic rings. The summed E-state index contributed by atoms with van der Waals surface area (Å²) in [6, 6.07) is 5.97. The zero-order valence-corrected chi connectivity index (χ0v) is 13.8. The van der Waals surface area contributed by atoms with E-state index in [0.29, 0.717) is 5.02 Å². The van der Waals surface area contributed by atoms with Gasteiger partial charge < -0.3 is 5.32 Å². The number of nitrogens with one attached hydrogen (secondary N) is 2. The largest absolute Gasteiger partial charge is 0.354 e. The smallest absolute Gasteiger partial charge is 0.240 e. The number of carbonyl (C=O) groups excluding carboxylic acids is 1. The Morgan fingerprint density at radius 3 is 2.48 bits per heavy atom. The third-order valence-electron chi connectivity index (χ3n) is 2.90. The van der Waals surface area contributed by atoms with Gasteiger partial charge >= 0.3 is 0 Å². The van der Waals surface area contributed by atoms with Gasteiger partial charge in [-0.2, -0.15) is 0 Å². The van der Waals surface area contributed by atoms with Crippen LogP contribution >= 0.6 is 11.6 Å². The van der Waals surface area contributed by atoms with Crippen LogP contribution in [0.4, 0.5) is 0 Å². The van der Waals surface area contributed by atoms with Gasteiger partial charge in [0.25, 0.3) is 0 Å². The van der Waals surface area contributed by atoms with Gasteiger partial charge in [-0.3, -0.25) is 4.79 Å². The molecular weight excluding hydrogens is 312 g/mol. The average molecular weight is 333 g/mol. The molecule has 21 heavy (non-hydrogen) atoms. The number of amides is 1. The lowest BCUT2D eigenvalue weighted by Crippen LogP contribution is -2.35. The first-order valence-corrected chi connectivity index (χ1v) is 8.76. The molecule has 1 aromatic carbocycles. The van der Waals surface area contributed by atoms with Crippen molar-refractivity contribution in [1.29, 1.82) is 0 Å². The molecule has 1 atom stereocenters. The average Bonchev–Trinajstić information content (AvgIpc) is 2.39. The molecule has 0 spiro atoms. The Bertz CT molecular complexity index is 558. The molecule has 5 nitrogen and oxygen atoms in total. The third-order valence-corrected chi connectivity index (χ3v) is 4.63. The van der Waals surface area contributed by atoms with Crippen molar-refractivity contribution in [3.63, 3.8) is 0 Å². The standard InChI is InChI=1S/C14H21ClN2O3S/c1-3-4-11(2)17-14(18)9-10-16-21(19,20)13-7-5-12(15)6-8-13/h5-8,11,16H,3-4,9-10H2,1-2H3,(H,17,18). The second kappa shape index (κ2) is 8.36. The molecule has 1 unspecified atom stereocenters. The molecule has 0 saturated heterocycles. The van der Waals surface area contributed by atoms with Crippen LogP contribution in [-0.2, 0) is 14.8 Å². The SMILES string of the molecule is CCCC(C)NC(=O)CCNS(=O)(=O)c1ccc(Cl)cc1. The topological polar surface area (TPSA) is 75.3 Å². The molecule has 0 radical (unpaired) electrons. The number of halogens is 1. The quantitative estimate of drug-likeness (QED) is 0.767. The van der Waals surface area contributed by atoms with Crippen LogP contribution in [-0.4, -0.2) is 26.9 Å². The van der Waals surface area contributed by atoms with Crippen LogP contribution in [0.15, 0.2) is 29.2 Å². The van der Waals surface area contributed by atoms with Crippen molar-refractivity contribution in [3.05, 3.63) is 29.3 Å². The van der Waals surface area contributed by atoms with Crippen molar-refractivity contribution >= 4 is 27.5 Å². The van der Waals surface area contributed by atoms with Crippen molar-refractivity contribution in [2.75, 3.05) is 6.54 Å². The predicted octanol–water partition coefficient (Wildman–Crippen LogP) is 2.31. The van der Waals surface area contributed by atoms with Crippen molar-refractivity contribution in [1.82, 2.24) is 10.0 Å². The van der Waals surface area contributed by atoms with Crippen LogP contribution in [0, 0.1) is 0 Å². The molecule has 118 valence electrons. The molecule has 2 N–H and O–H groups in total. The molecule has 0 aliphatic heterocycles. The molecule has 0 saturated carbocycles. The summed E-state index contributed by atoms with van der Waals surface area (Å²) in [7, 11) is -3.60. The lowest BCUT2D eigenvalue weighted by atomic mass is 10.2.